The van der Waals surface area contributed by atoms with Crippen LogP contribution in [0.15, 0.2) is 48.5 Å². The average molecular weight is 230 g/mol. The Labute approximate surface area is 101 Å². The van der Waals surface area contributed by atoms with E-state index < -0.39 is 6.10 Å². The summed E-state index contributed by atoms with van der Waals surface area (Å²) in [7, 11) is 0. The highest BCUT2D eigenvalue weighted by atomic mass is 19.1. The summed E-state index contributed by atoms with van der Waals surface area (Å²) in [6.07, 6.45) is 0.286. The van der Waals surface area contributed by atoms with Gasteiger partial charge in [-0.2, -0.15) is 0 Å². The highest BCUT2D eigenvalue weighted by Gasteiger charge is 2.09. The van der Waals surface area contributed by atoms with Crippen LogP contribution in [0.5, 0.6) is 0 Å². The molecule has 88 valence electrons. The van der Waals surface area contributed by atoms with E-state index in [4.69, 9.17) is 0 Å². The first-order valence-corrected chi connectivity index (χ1v) is 5.73. The molecule has 0 radical (unpaired) electrons. The molecule has 0 unspecified atom stereocenters. The van der Waals surface area contributed by atoms with E-state index in [0.717, 1.165) is 12.0 Å². The van der Waals surface area contributed by atoms with Gasteiger partial charge in [0.15, 0.2) is 0 Å². The van der Waals surface area contributed by atoms with Gasteiger partial charge < -0.3 is 5.11 Å². The highest BCUT2D eigenvalue weighted by molar-refractivity contribution is 5.31. The number of rotatable bonds is 3. The molecule has 1 nitrogen and oxygen atoms in total. The van der Waals surface area contributed by atoms with Crippen LogP contribution in [0.2, 0.25) is 0 Å². The van der Waals surface area contributed by atoms with Crippen molar-refractivity contribution in [2.45, 2.75) is 19.4 Å². The van der Waals surface area contributed by atoms with Crippen LogP contribution >= 0.6 is 0 Å². The first-order chi connectivity index (χ1) is 8.20. The third-order valence-corrected chi connectivity index (χ3v) is 2.89. The van der Waals surface area contributed by atoms with Crippen molar-refractivity contribution in [3.8, 4) is 0 Å². The van der Waals surface area contributed by atoms with Gasteiger partial charge >= 0.3 is 0 Å². The Morgan fingerprint density at radius 3 is 1.88 bits per heavy atom. The van der Waals surface area contributed by atoms with E-state index in [9.17, 15) is 9.50 Å². The summed E-state index contributed by atoms with van der Waals surface area (Å²) >= 11 is 0. The largest absolute Gasteiger partial charge is 0.384 e. The van der Waals surface area contributed by atoms with Crippen LogP contribution in [0.25, 0.3) is 0 Å². The third kappa shape index (κ3) is 2.71. The molecule has 0 fully saturated rings. The van der Waals surface area contributed by atoms with E-state index in [0.29, 0.717) is 5.56 Å². The maximum atomic E-state index is 12.8. The normalized spacial score (nSPS) is 12.4. The minimum absolute atomic E-state index is 0.290. The van der Waals surface area contributed by atoms with Crippen molar-refractivity contribution in [1.29, 1.82) is 0 Å². The summed E-state index contributed by atoms with van der Waals surface area (Å²) in [6.45, 7) is 2.09. The van der Waals surface area contributed by atoms with Crippen LogP contribution < -0.4 is 0 Å². The molecule has 0 saturated heterocycles. The van der Waals surface area contributed by atoms with Crippen LogP contribution in [0, 0.1) is 5.82 Å². The maximum absolute atomic E-state index is 12.8. The average Bonchev–Trinajstić information content (AvgIpc) is 2.39. The summed E-state index contributed by atoms with van der Waals surface area (Å²) in [5.74, 6) is -0.290. The topological polar surface area (TPSA) is 20.2 Å². The fourth-order valence-corrected chi connectivity index (χ4v) is 1.77. The molecule has 0 bridgehead atoms. The molecule has 2 heteroatoms. The smallest absolute Gasteiger partial charge is 0.123 e. The second-order valence-corrected chi connectivity index (χ2v) is 4.05. The van der Waals surface area contributed by atoms with E-state index in [1.54, 1.807) is 12.1 Å². The van der Waals surface area contributed by atoms with Gasteiger partial charge in [-0.15, -0.1) is 0 Å². The van der Waals surface area contributed by atoms with Crippen molar-refractivity contribution in [3.63, 3.8) is 0 Å². The Bertz CT molecular complexity index is 473. The number of halogens is 1. The Kier molecular flexibility index (Phi) is 3.55. The van der Waals surface area contributed by atoms with Gasteiger partial charge in [0, 0.05) is 0 Å². The molecule has 2 rings (SSSR count). The summed E-state index contributed by atoms with van der Waals surface area (Å²) < 4.78 is 12.8. The molecule has 17 heavy (non-hydrogen) atoms. The Morgan fingerprint density at radius 1 is 0.941 bits per heavy atom. The molecule has 2 aromatic carbocycles. The van der Waals surface area contributed by atoms with Crippen molar-refractivity contribution in [2.75, 3.05) is 0 Å². The van der Waals surface area contributed by atoms with Gasteiger partial charge in [0.2, 0.25) is 0 Å². The van der Waals surface area contributed by atoms with Crippen LogP contribution in [0.4, 0.5) is 4.39 Å². The SMILES string of the molecule is CCc1ccc([C@@H](O)c2ccc(F)cc2)cc1. The molecular formula is C15H15FO. The quantitative estimate of drug-likeness (QED) is 0.856. The van der Waals surface area contributed by atoms with E-state index in [1.807, 2.05) is 24.3 Å². The molecule has 0 aromatic heterocycles. The summed E-state index contributed by atoms with van der Waals surface area (Å²) in [5.41, 5.74) is 2.77. The zero-order valence-corrected chi connectivity index (χ0v) is 9.73. The minimum atomic E-state index is -0.693. The van der Waals surface area contributed by atoms with Crippen LogP contribution in [0.1, 0.15) is 29.7 Å². The van der Waals surface area contributed by atoms with Gasteiger partial charge in [-0.1, -0.05) is 43.3 Å². The fourth-order valence-electron chi connectivity index (χ4n) is 1.77. The van der Waals surface area contributed by atoms with Crippen molar-refractivity contribution in [2.24, 2.45) is 0 Å². The standard InChI is InChI=1S/C15H15FO/c1-2-11-3-5-12(6-4-11)15(17)13-7-9-14(16)10-8-13/h3-10,15,17H,2H2,1H3/t15-/m1/s1. The second kappa shape index (κ2) is 5.11. The lowest BCUT2D eigenvalue weighted by molar-refractivity contribution is 0.220. The predicted octanol–water partition coefficient (Wildman–Crippen LogP) is 3.47. The lowest BCUT2D eigenvalue weighted by Gasteiger charge is -2.11. The van der Waals surface area contributed by atoms with E-state index >= 15 is 0 Å². The molecule has 0 heterocycles. The minimum Gasteiger partial charge on any atom is -0.384 e. The van der Waals surface area contributed by atoms with E-state index in [-0.39, 0.29) is 5.82 Å². The number of hydrogen-bond acceptors (Lipinski definition) is 1. The van der Waals surface area contributed by atoms with Crippen LogP contribution in [-0.4, -0.2) is 5.11 Å². The molecule has 0 aliphatic heterocycles. The van der Waals surface area contributed by atoms with Gasteiger partial charge in [-0.3, -0.25) is 0 Å². The number of hydrogen-bond donors (Lipinski definition) is 1. The molecule has 1 atom stereocenters. The molecule has 0 spiro atoms. The zero-order valence-electron chi connectivity index (χ0n) is 9.73. The molecule has 2 aromatic rings. The first-order valence-electron chi connectivity index (χ1n) is 5.73. The third-order valence-electron chi connectivity index (χ3n) is 2.89. The van der Waals surface area contributed by atoms with E-state index in [2.05, 4.69) is 6.92 Å². The monoisotopic (exact) mass is 230 g/mol. The van der Waals surface area contributed by atoms with Crippen molar-refractivity contribution < 1.29 is 9.50 Å². The first kappa shape index (κ1) is 11.8. The Morgan fingerprint density at radius 2 is 1.41 bits per heavy atom. The van der Waals surface area contributed by atoms with Crippen LogP contribution in [-0.2, 0) is 6.42 Å². The van der Waals surface area contributed by atoms with Gasteiger partial charge in [0.1, 0.15) is 11.9 Å². The Hall–Kier alpha value is -1.67. The van der Waals surface area contributed by atoms with Gasteiger partial charge in [-0.25, -0.2) is 4.39 Å². The predicted molar refractivity (Wildman–Crippen MR) is 66.3 cm³/mol. The molecule has 0 amide bonds. The zero-order chi connectivity index (χ0) is 12.3. The van der Waals surface area contributed by atoms with Crippen molar-refractivity contribution in [1.82, 2.24) is 0 Å². The van der Waals surface area contributed by atoms with Gasteiger partial charge in [0.05, 0.1) is 0 Å². The molecule has 0 saturated carbocycles. The second-order valence-electron chi connectivity index (χ2n) is 4.05. The lowest BCUT2D eigenvalue weighted by Crippen LogP contribution is -1.99. The molecule has 0 aliphatic rings. The summed E-state index contributed by atoms with van der Waals surface area (Å²) in [4.78, 5) is 0. The number of benzene rings is 2. The van der Waals surface area contributed by atoms with Crippen LogP contribution in [0.3, 0.4) is 0 Å². The van der Waals surface area contributed by atoms with Gasteiger partial charge in [0.25, 0.3) is 0 Å². The highest BCUT2D eigenvalue weighted by Crippen LogP contribution is 2.22. The summed E-state index contributed by atoms with van der Waals surface area (Å²) in [6, 6.07) is 13.8. The van der Waals surface area contributed by atoms with Crippen molar-refractivity contribution >= 4 is 0 Å². The van der Waals surface area contributed by atoms with Crippen molar-refractivity contribution in [3.05, 3.63) is 71.0 Å². The molecule has 1 N–H and O–H groups in total. The summed E-state index contributed by atoms with van der Waals surface area (Å²) in [5, 5.41) is 10.1. The molecular weight excluding hydrogens is 215 g/mol. The number of aliphatic hydroxyl groups is 1. The number of aryl methyl sites for hydroxylation is 1. The molecule has 0 aliphatic carbocycles. The maximum Gasteiger partial charge on any atom is 0.123 e. The number of aliphatic hydroxyl groups excluding tert-OH is 1. The van der Waals surface area contributed by atoms with Gasteiger partial charge in [-0.05, 0) is 35.2 Å². The Balaban J connectivity index is 2.23. The fraction of sp³-hybridized carbons (Fsp3) is 0.200. The lowest BCUT2D eigenvalue weighted by atomic mass is 10.00. The van der Waals surface area contributed by atoms with E-state index in [1.165, 1.54) is 17.7 Å².